The van der Waals surface area contributed by atoms with E-state index in [9.17, 15) is 9.59 Å². The normalized spacial score (nSPS) is 14.1. The van der Waals surface area contributed by atoms with Crippen molar-refractivity contribution in [2.45, 2.75) is 13.3 Å². The Balaban J connectivity index is 1.79. The van der Waals surface area contributed by atoms with E-state index in [4.69, 9.17) is 0 Å². The first-order valence-electron chi connectivity index (χ1n) is 6.02. The van der Waals surface area contributed by atoms with E-state index in [0.29, 0.717) is 24.1 Å². The van der Waals surface area contributed by atoms with Crippen LogP contribution in [-0.2, 0) is 6.42 Å². The van der Waals surface area contributed by atoms with Gasteiger partial charge in [-0.05, 0) is 19.1 Å². The maximum Gasteiger partial charge on any atom is 0.261 e. The Morgan fingerprint density at radius 3 is 2.32 bits per heavy atom. The summed E-state index contributed by atoms with van der Waals surface area (Å²) in [5.41, 5.74) is 3.77. The fourth-order valence-electron chi connectivity index (χ4n) is 2.22. The van der Waals surface area contributed by atoms with E-state index in [1.807, 2.05) is 6.92 Å². The Bertz CT molecular complexity index is 628. The van der Waals surface area contributed by atoms with Crippen LogP contribution in [0.1, 0.15) is 31.3 Å². The van der Waals surface area contributed by atoms with Gasteiger partial charge in [-0.25, -0.2) is 4.98 Å². The zero-order valence-corrected chi connectivity index (χ0v) is 11.2. The number of hydrogen-bond acceptors (Lipinski definition) is 4. The van der Waals surface area contributed by atoms with Gasteiger partial charge in [-0.2, -0.15) is 0 Å². The van der Waals surface area contributed by atoms with Crippen molar-refractivity contribution in [1.29, 1.82) is 0 Å². The van der Waals surface area contributed by atoms with E-state index < -0.39 is 0 Å². The molecule has 4 nitrogen and oxygen atoms in total. The van der Waals surface area contributed by atoms with E-state index >= 15 is 0 Å². The minimum Gasteiger partial charge on any atom is -0.274 e. The van der Waals surface area contributed by atoms with Crippen molar-refractivity contribution in [3.05, 3.63) is 51.5 Å². The lowest BCUT2D eigenvalue weighted by atomic mass is 10.1. The first kappa shape index (κ1) is 12.0. The summed E-state index contributed by atoms with van der Waals surface area (Å²) in [4.78, 5) is 30.9. The minimum atomic E-state index is -0.192. The van der Waals surface area contributed by atoms with E-state index in [2.05, 4.69) is 4.98 Å². The summed E-state index contributed by atoms with van der Waals surface area (Å²) in [5.74, 6) is -0.384. The van der Waals surface area contributed by atoms with Crippen molar-refractivity contribution >= 4 is 23.2 Å². The van der Waals surface area contributed by atoms with Gasteiger partial charge in [0.1, 0.15) is 0 Å². The lowest BCUT2D eigenvalue weighted by molar-refractivity contribution is 0.0656. The lowest BCUT2D eigenvalue weighted by Crippen LogP contribution is -2.31. The molecule has 2 amide bonds. The standard InChI is InChI=1S/C14H12N2O2S/c1-9-12(19-8-15-9)6-7-16-13(17)10-4-2-3-5-11(10)14(16)18/h2-5,8H,6-7H2,1H3. The van der Waals surface area contributed by atoms with Crippen molar-refractivity contribution in [2.24, 2.45) is 0 Å². The molecule has 0 N–H and O–H groups in total. The van der Waals surface area contributed by atoms with E-state index in [-0.39, 0.29) is 11.8 Å². The van der Waals surface area contributed by atoms with Crippen LogP contribution in [-0.4, -0.2) is 28.2 Å². The second-order valence-electron chi connectivity index (χ2n) is 4.42. The highest BCUT2D eigenvalue weighted by Gasteiger charge is 2.34. The van der Waals surface area contributed by atoms with Gasteiger partial charge >= 0.3 is 0 Å². The molecule has 0 fully saturated rings. The maximum absolute atomic E-state index is 12.1. The van der Waals surface area contributed by atoms with Crippen LogP contribution in [0, 0.1) is 6.92 Å². The summed E-state index contributed by atoms with van der Waals surface area (Å²) in [6.45, 7) is 2.35. The van der Waals surface area contributed by atoms with Crippen molar-refractivity contribution in [1.82, 2.24) is 9.88 Å². The van der Waals surface area contributed by atoms with Crippen LogP contribution in [0.15, 0.2) is 29.8 Å². The van der Waals surface area contributed by atoms with Crippen LogP contribution in [0.5, 0.6) is 0 Å². The van der Waals surface area contributed by atoms with E-state index in [1.54, 1.807) is 41.1 Å². The van der Waals surface area contributed by atoms with Crippen molar-refractivity contribution in [3.8, 4) is 0 Å². The number of aromatic nitrogens is 1. The van der Waals surface area contributed by atoms with Crippen LogP contribution < -0.4 is 0 Å². The van der Waals surface area contributed by atoms with Crippen LogP contribution in [0.3, 0.4) is 0 Å². The van der Waals surface area contributed by atoms with Crippen LogP contribution in [0.2, 0.25) is 0 Å². The van der Waals surface area contributed by atoms with Crippen molar-refractivity contribution in [3.63, 3.8) is 0 Å². The summed E-state index contributed by atoms with van der Waals surface area (Å²) in [5, 5.41) is 0. The number of rotatable bonds is 3. The molecule has 1 aliphatic rings. The highest BCUT2D eigenvalue weighted by atomic mass is 32.1. The first-order chi connectivity index (χ1) is 9.18. The van der Waals surface area contributed by atoms with Gasteiger partial charge in [-0.3, -0.25) is 14.5 Å². The summed E-state index contributed by atoms with van der Waals surface area (Å²) >= 11 is 1.56. The molecule has 0 saturated carbocycles. The number of hydrogen-bond donors (Lipinski definition) is 0. The molecular weight excluding hydrogens is 260 g/mol. The number of benzene rings is 1. The molecule has 0 aliphatic carbocycles. The second-order valence-corrected chi connectivity index (χ2v) is 5.36. The first-order valence-corrected chi connectivity index (χ1v) is 6.90. The lowest BCUT2D eigenvalue weighted by Gasteiger charge is -2.12. The molecule has 2 aromatic rings. The number of nitrogens with zero attached hydrogens (tertiary/aromatic N) is 2. The molecule has 1 aliphatic heterocycles. The average molecular weight is 272 g/mol. The largest absolute Gasteiger partial charge is 0.274 e. The second kappa shape index (κ2) is 4.59. The monoisotopic (exact) mass is 272 g/mol. The third-order valence-corrected chi connectivity index (χ3v) is 4.28. The quantitative estimate of drug-likeness (QED) is 0.805. The summed E-state index contributed by atoms with van der Waals surface area (Å²) in [6, 6.07) is 6.96. The molecule has 0 radical (unpaired) electrons. The van der Waals surface area contributed by atoms with Crippen LogP contribution >= 0.6 is 11.3 Å². The van der Waals surface area contributed by atoms with Gasteiger partial charge in [0.25, 0.3) is 11.8 Å². The fraction of sp³-hybridized carbons (Fsp3) is 0.214. The summed E-state index contributed by atoms with van der Waals surface area (Å²) < 4.78 is 0. The van der Waals surface area contributed by atoms with Crippen molar-refractivity contribution < 1.29 is 9.59 Å². The Hall–Kier alpha value is -2.01. The molecule has 0 bridgehead atoms. The third kappa shape index (κ3) is 1.96. The molecule has 0 saturated heterocycles. The average Bonchev–Trinajstić information content (AvgIpc) is 2.93. The van der Waals surface area contributed by atoms with Gasteiger partial charge < -0.3 is 0 Å². The van der Waals surface area contributed by atoms with Crippen LogP contribution in [0.25, 0.3) is 0 Å². The van der Waals surface area contributed by atoms with Crippen LogP contribution in [0.4, 0.5) is 0 Å². The molecule has 3 rings (SSSR count). The summed E-state index contributed by atoms with van der Waals surface area (Å²) in [7, 11) is 0. The maximum atomic E-state index is 12.1. The smallest absolute Gasteiger partial charge is 0.261 e. The molecule has 1 aromatic heterocycles. The Morgan fingerprint density at radius 2 is 1.79 bits per heavy atom. The molecule has 1 aromatic carbocycles. The topological polar surface area (TPSA) is 50.3 Å². The molecule has 0 spiro atoms. The molecule has 96 valence electrons. The predicted octanol–water partition coefficient (Wildman–Crippen LogP) is 2.29. The van der Waals surface area contributed by atoms with Gasteiger partial charge in [0.2, 0.25) is 0 Å². The van der Waals surface area contributed by atoms with Gasteiger partial charge in [-0.15, -0.1) is 11.3 Å². The Morgan fingerprint density at radius 1 is 1.16 bits per heavy atom. The predicted molar refractivity (Wildman–Crippen MR) is 72.4 cm³/mol. The molecule has 0 atom stereocenters. The molecule has 5 heteroatoms. The third-order valence-electron chi connectivity index (χ3n) is 3.29. The Kier molecular flexibility index (Phi) is 2.91. The zero-order chi connectivity index (χ0) is 13.4. The number of thiazole rings is 1. The number of imide groups is 1. The molecule has 2 heterocycles. The number of aryl methyl sites for hydroxylation is 1. The molecule has 0 unspecified atom stereocenters. The van der Waals surface area contributed by atoms with Crippen molar-refractivity contribution in [2.75, 3.05) is 6.54 Å². The highest BCUT2D eigenvalue weighted by Crippen LogP contribution is 2.23. The minimum absolute atomic E-state index is 0.192. The zero-order valence-electron chi connectivity index (χ0n) is 10.4. The number of carbonyl (C=O) groups is 2. The number of fused-ring (bicyclic) bond motifs is 1. The van der Waals surface area contributed by atoms with Gasteiger partial charge in [0.15, 0.2) is 0 Å². The fourth-order valence-corrected chi connectivity index (χ4v) is 2.99. The van der Waals surface area contributed by atoms with Gasteiger partial charge in [-0.1, -0.05) is 12.1 Å². The molecule has 19 heavy (non-hydrogen) atoms. The SMILES string of the molecule is Cc1ncsc1CCN1C(=O)c2ccccc2C1=O. The van der Waals surface area contributed by atoms with E-state index in [1.165, 1.54) is 4.90 Å². The Labute approximate surface area is 114 Å². The number of amides is 2. The highest BCUT2D eigenvalue weighted by molar-refractivity contribution is 7.09. The number of carbonyl (C=O) groups excluding carboxylic acids is 2. The summed E-state index contributed by atoms with van der Waals surface area (Å²) in [6.07, 6.45) is 0.669. The van der Waals surface area contributed by atoms with E-state index in [0.717, 1.165) is 10.6 Å². The van der Waals surface area contributed by atoms with Gasteiger partial charge in [0.05, 0.1) is 22.3 Å². The van der Waals surface area contributed by atoms with Gasteiger partial charge in [0, 0.05) is 17.8 Å². The molecular formula is C14H12N2O2S.